The van der Waals surface area contributed by atoms with Crippen LogP contribution in [0, 0.1) is 5.92 Å². The van der Waals surface area contributed by atoms with Crippen LogP contribution < -0.4 is 5.32 Å². The van der Waals surface area contributed by atoms with Crippen LogP contribution in [0.5, 0.6) is 0 Å². The fraction of sp³-hybridized carbons (Fsp3) is 0.435. The van der Waals surface area contributed by atoms with Gasteiger partial charge in [-0.1, -0.05) is 36.4 Å². The topological polar surface area (TPSA) is 32.3 Å². The second-order valence-corrected chi connectivity index (χ2v) is 7.86. The van der Waals surface area contributed by atoms with Crippen molar-refractivity contribution >= 4 is 5.91 Å². The van der Waals surface area contributed by atoms with Crippen LogP contribution in [-0.4, -0.2) is 37.0 Å². The molecule has 1 saturated heterocycles. The van der Waals surface area contributed by atoms with Crippen molar-refractivity contribution in [2.75, 3.05) is 20.1 Å². The van der Waals surface area contributed by atoms with Gasteiger partial charge in [0.25, 0.3) is 5.91 Å². The van der Waals surface area contributed by atoms with E-state index in [2.05, 4.69) is 41.7 Å². The number of rotatable bonds is 4. The summed E-state index contributed by atoms with van der Waals surface area (Å²) >= 11 is 0. The Kier molecular flexibility index (Phi) is 5.07. The monoisotopic (exact) mass is 348 g/mol. The van der Waals surface area contributed by atoms with E-state index in [1.54, 1.807) is 0 Å². The molecule has 0 unspecified atom stereocenters. The molecule has 1 aliphatic heterocycles. The molecule has 1 N–H and O–H groups in total. The third kappa shape index (κ3) is 3.68. The number of piperidine rings is 1. The molecule has 1 heterocycles. The Morgan fingerprint density at radius 1 is 1.08 bits per heavy atom. The zero-order valence-electron chi connectivity index (χ0n) is 15.6. The van der Waals surface area contributed by atoms with E-state index in [4.69, 9.17) is 0 Å². The molecule has 2 aromatic carbocycles. The molecule has 1 fully saturated rings. The van der Waals surface area contributed by atoms with Gasteiger partial charge in [0, 0.05) is 18.7 Å². The van der Waals surface area contributed by atoms with Crippen molar-refractivity contribution in [3.63, 3.8) is 0 Å². The first-order chi connectivity index (χ1) is 12.7. The molecular weight excluding hydrogens is 320 g/mol. The molecule has 4 rings (SSSR count). The zero-order valence-corrected chi connectivity index (χ0v) is 15.6. The molecule has 3 nitrogen and oxygen atoms in total. The molecule has 0 bridgehead atoms. The second kappa shape index (κ2) is 7.63. The molecule has 1 aliphatic carbocycles. The summed E-state index contributed by atoms with van der Waals surface area (Å²) < 4.78 is 0. The van der Waals surface area contributed by atoms with Crippen LogP contribution in [0.15, 0.2) is 48.5 Å². The lowest BCUT2D eigenvalue weighted by Gasteiger charge is -2.25. The highest BCUT2D eigenvalue weighted by atomic mass is 16.2. The van der Waals surface area contributed by atoms with E-state index >= 15 is 0 Å². The number of benzene rings is 2. The number of hydrogen-bond acceptors (Lipinski definition) is 2. The van der Waals surface area contributed by atoms with Gasteiger partial charge in [-0.2, -0.15) is 0 Å². The number of likely N-dealkylation sites (N-methyl/N-ethyl adjacent to an activating group) is 1. The number of fused-ring (bicyclic) bond motifs is 1. The molecule has 0 saturated carbocycles. The number of nitrogens with zero attached hydrogens (tertiary/aromatic N) is 1. The summed E-state index contributed by atoms with van der Waals surface area (Å²) in [7, 11) is 1.94. The van der Waals surface area contributed by atoms with Crippen molar-refractivity contribution in [1.82, 2.24) is 10.2 Å². The fourth-order valence-corrected chi connectivity index (χ4v) is 4.39. The van der Waals surface area contributed by atoms with Crippen molar-refractivity contribution in [3.8, 4) is 0 Å². The van der Waals surface area contributed by atoms with E-state index in [0.717, 1.165) is 43.8 Å². The summed E-state index contributed by atoms with van der Waals surface area (Å²) in [5, 5.41) is 3.48. The van der Waals surface area contributed by atoms with Crippen molar-refractivity contribution in [1.29, 1.82) is 0 Å². The third-order valence-electron chi connectivity index (χ3n) is 6.02. The lowest BCUT2D eigenvalue weighted by Crippen LogP contribution is -2.37. The van der Waals surface area contributed by atoms with Crippen molar-refractivity contribution < 1.29 is 4.79 Å². The molecule has 136 valence electrons. The summed E-state index contributed by atoms with van der Waals surface area (Å²) in [6.07, 6.45) is 5.61. The molecule has 1 atom stereocenters. The maximum absolute atomic E-state index is 12.9. The Morgan fingerprint density at radius 2 is 1.77 bits per heavy atom. The molecule has 0 spiro atoms. The molecular formula is C23H28N2O. The number of carbonyl (C=O) groups excluding carboxylic acids is 1. The van der Waals surface area contributed by atoms with Gasteiger partial charge in [-0.15, -0.1) is 0 Å². The van der Waals surface area contributed by atoms with Crippen LogP contribution in [0.25, 0.3) is 0 Å². The third-order valence-corrected chi connectivity index (χ3v) is 6.02. The van der Waals surface area contributed by atoms with Gasteiger partial charge < -0.3 is 10.2 Å². The van der Waals surface area contributed by atoms with Crippen LogP contribution in [-0.2, 0) is 19.3 Å². The number of carbonyl (C=O) groups is 1. The summed E-state index contributed by atoms with van der Waals surface area (Å²) in [5.41, 5.74) is 4.90. The van der Waals surface area contributed by atoms with Crippen LogP contribution in [0.4, 0.5) is 0 Å². The Bertz CT molecular complexity index is 737. The van der Waals surface area contributed by atoms with E-state index in [1.807, 2.05) is 24.1 Å². The van der Waals surface area contributed by atoms with Gasteiger partial charge >= 0.3 is 0 Å². The minimum absolute atomic E-state index is 0.133. The van der Waals surface area contributed by atoms with Crippen molar-refractivity contribution in [2.24, 2.45) is 5.92 Å². The summed E-state index contributed by atoms with van der Waals surface area (Å²) in [5.74, 6) is 0.860. The predicted octanol–water partition coefficient (Wildman–Crippen LogP) is 3.47. The Balaban J connectivity index is 1.38. The molecule has 26 heavy (non-hydrogen) atoms. The largest absolute Gasteiger partial charge is 0.338 e. The predicted molar refractivity (Wildman–Crippen MR) is 105 cm³/mol. The zero-order chi connectivity index (χ0) is 17.9. The van der Waals surface area contributed by atoms with Gasteiger partial charge in [-0.05, 0) is 79.9 Å². The maximum atomic E-state index is 12.9. The summed E-state index contributed by atoms with van der Waals surface area (Å²) in [4.78, 5) is 14.8. The molecule has 0 aromatic heterocycles. The molecule has 2 aromatic rings. The lowest BCUT2D eigenvalue weighted by atomic mass is 9.92. The highest BCUT2D eigenvalue weighted by molar-refractivity contribution is 5.94. The average Bonchev–Trinajstić information content (AvgIpc) is 3.12. The average molecular weight is 348 g/mol. The highest BCUT2D eigenvalue weighted by Crippen LogP contribution is 2.26. The van der Waals surface area contributed by atoms with Gasteiger partial charge in [0.05, 0.1) is 0 Å². The van der Waals surface area contributed by atoms with Crippen LogP contribution in [0.1, 0.15) is 39.9 Å². The Labute approximate surface area is 156 Å². The minimum atomic E-state index is 0.133. The SMILES string of the molecule is CN(C(=O)c1ccc(C[C@H]2CCCNC2)cc1)C1Cc2ccccc2C1. The van der Waals surface area contributed by atoms with Gasteiger partial charge in [0.1, 0.15) is 0 Å². The quantitative estimate of drug-likeness (QED) is 0.918. The van der Waals surface area contributed by atoms with Gasteiger partial charge in [0.15, 0.2) is 0 Å². The number of hydrogen-bond donors (Lipinski definition) is 1. The van der Waals surface area contributed by atoms with Gasteiger partial charge in [-0.3, -0.25) is 4.79 Å². The van der Waals surface area contributed by atoms with Crippen LogP contribution >= 0.6 is 0 Å². The lowest BCUT2D eigenvalue weighted by molar-refractivity contribution is 0.0737. The van der Waals surface area contributed by atoms with E-state index in [-0.39, 0.29) is 11.9 Å². The number of nitrogens with one attached hydrogen (secondary N) is 1. The van der Waals surface area contributed by atoms with E-state index in [9.17, 15) is 4.79 Å². The van der Waals surface area contributed by atoms with Crippen molar-refractivity contribution in [2.45, 2.75) is 38.1 Å². The standard InChI is InChI=1S/C23H28N2O/c1-25(22-14-20-6-2-3-7-21(20)15-22)23(26)19-10-8-17(9-11-19)13-18-5-4-12-24-16-18/h2-3,6-11,18,22,24H,4-5,12-16H2,1H3/t18-/m1/s1. The Hall–Kier alpha value is -2.13. The normalized spacial score (nSPS) is 20.0. The number of amides is 1. The first kappa shape index (κ1) is 17.3. The molecule has 3 heteroatoms. The second-order valence-electron chi connectivity index (χ2n) is 7.86. The molecule has 0 radical (unpaired) electrons. The molecule has 1 amide bonds. The van der Waals surface area contributed by atoms with Crippen LogP contribution in [0.3, 0.4) is 0 Å². The van der Waals surface area contributed by atoms with Crippen molar-refractivity contribution in [3.05, 3.63) is 70.8 Å². The summed E-state index contributed by atoms with van der Waals surface area (Å²) in [6, 6.07) is 17.1. The van der Waals surface area contributed by atoms with Gasteiger partial charge in [-0.25, -0.2) is 0 Å². The smallest absolute Gasteiger partial charge is 0.253 e. The van der Waals surface area contributed by atoms with E-state index in [0.29, 0.717) is 0 Å². The maximum Gasteiger partial charge on any atom is 0.253 e. The minimum Gasteiger partial charge on any atom is -0.338 e. The molecule has 2 aliphatic rings. The first-order valence-corrected chi connectivity index (χ1v) is 9.84. The van der Waals surface area contributed by atoms with Crippen LogP contribution in [0.2, 0.25) is 0 Å². The van der Waals surface area contributed by atoms with Gasteiger partial charge in [0.2, 0.25) is 0 Å². The fourth-order valence-electron chi connectivity index (χ4n) is 4.39. The highest BCUT2D eigenvalue weighted by Gasteiger charge is 2.27. The first-order valence-electron chi connectivity index (χ1n) is 9.84. The Morgan fingerprint density at radius 3 is 2.38 bits per heavy atom. The van der Waals surface area contributed by atoms with E-state index < -0.39 is 0 Å². The van der Waals surface area contributed by atoms with E-state index in [1.165, 1.54) is 29.5 Å². The summed E-state index contributed by atoms with van der Waals surface area (Å²) in [6.45, 7) is 2.27.